The third-order valence-electron chi connectivity index (χ3n) is 5.33. The van der Waals surface area contributed by atoms with Gasteiger partial charge >= 0.3 is 6.03 Å². The van der Waals surface area contributed by atoms with Crippen LogP contribution in [0.5, 0.6) is 0 Å². The lowest BCUT2D eigenvalue weighted by Crippen LogP contribution is -2.46. The lowest BCUT2D eigenvalue weighted by atomic mass is 10.1. The summed E-state index contributed by atoms with van der Waals surface area (Å²) in [5.41, 5.74) is 1.82. The van der Waals surface area contributed by atoms with Gasteiger partial charge < -0.3 is 15.5 Å². The second-order valence-electron chi connectivity index (χ2n) is 7.47. The number of hydrogen-bond acceptors (Lipinski definition) is 2. The van der Waals surface area contributed by atoms with Gasteiger partial charge in [0.1, 0.15) is 0 Å². The minimum atomic E-state index is -0.0649. The lowest BCUT2D eigenvalue weighted by molar-refractivity contribution is -0.115. The van der Waals surface area contributed by atoms with Crippen molar-refractivity contribution >= 4 is 17.6 Å². The van der Waals surface area contributed by atoms with Crippen LogP contribution in [-0.4, -0.2) is 29.9 Å². The lowest BCUT2D eigenvalue weighted by Gasteiger charge is -2.30. The van der Waals surface area contributed by atoms with Crippen LogP contribution in [0.4, 0.5) is 10.5 Å². The molecule has 1 atom stereocenters. The summed E-state index contributed by atoms with van der Waals surface area (Å²) in [5.74, 6) is 1.42. The fourth-order valence-corrected chi connectivity index (χ4v) is 3.50. The van der Waals surface area contributed by atoms with Gasteiger partial charge in [0.2, 0.25) is 5.91 Å². The highest BCUT2D eigenvalue weighted by molar-refractivity contribution is 5.90. The Balaban J connectivity index is 1.56. The molecule has 5 nitrogen and oxygen atoms in total. The zero-order chi connectivity index (χ0) is 18.0. The zero-order valence-corrected chi connectivity index (χ0v) is 15.4. The largest absolute Gasteiger partial charge is 0.331 e. The Labute approximate surface area is 150 Å². The van der Waals surface area contributed by atoms with Crippen molar-refractivity contribution in [3.05, 3.63) is 29.8 Å². The van der Waals surface area contributed by atoms with Gasteiger partial charge in [-0.25, -0.2) is 4.79 Å². The number of benzene rings is 1. The number of nitrogens with one attached hydrogen (secondary N) is 2. The van der Waals surface area contributed by atoms with Crippen LogP contribution in [0.1, 0.15) is 57.6 Å². The summed E-state index contributed by atoms with van der Waals surface area (Å²) in [5, 5.41) is 5.95. The van der Waals surface area contributed by atoms with Crippen molar-refractivity contribution in [1.82, 2.24) is 10.2 Å². The molecule has 2 saturated carbocycles. The van der Waals surface area contributed by atoms with Crippen LogP contribution in [-0.2, 0) is 4.79 Å². The Hall–Kier alpha value is -2.04. The van der Waals surface area contributed by atoms with E-state index < -0.39 is 0 Å². The maximum atomic E-state index is 12.6. The van der Waals surface area contributed by atoms with Crippen molar-refractivity contribution in [3.63, 3.8) is 0 Å². The summed E-state index contributed by atoms with van der Waals surface area (Å²) in [6.45, 7) is 3.82. The number of amides is 3. The maximum Gasteiger partial charge on any atom is 0.317 e. The van der Waals surface area contributed by atoms with Crippen LogP contribution in [0.2, 0.25) is 0 Å². The van der Waals surface area contributed by atoms with Crippen molar-refractivity contribution in [2.45, 2.75) is 58.0 Å². The highest BCUT2D eigenvalue weighted by atomic mass is 16.2. The first-order valence-corrected chi connectivity index (χ1v) is 9.42. The Kier molecular flexibility index (Phi) is 5.30. The smallest absolute Gasteiger partial charge is 0.317 e. The second-order valence-corrected chi connectivity index (χ2v) is 7.47. The molecule has 0 spiro atoms. The molecule has 1 aromatic carbocycles. The number of carbonyl (C=O) groups is 2. The van der Waals surface area contributed by atoms with E-state index in [-0.39, 0.29) is 18.0 Å². The minimum Gasteiger partial charge on any atom is -0.331 e. The number of carbonyl (C=O) groups excluding carboxylic acids is 2. The predicted octanol–water partition coefficient (Wildman–Crippen LogP) is 3.93. The monoisotopic (exact) mass is 343 g/mol. The number of rotatable bonds is 7. The molecule has 0 heterocycles. The van der Waals surface area contributed by atoms with E-state index >= 15 is 0 Å². The molecule has 2 aliphatic rings. The number of nitrogens with zero attached hydrogens (tertiary/aromatic N) is 1. The second kappa shape index (κ2) is 7.46. The summed E-state index contributed by atoms with van der Waals surface area (Å²) < 4.78 is 0. The van der Waals surface area contributed by atoms with Crippen LogP contribution >= 0.6 is 0 Å². The Bertz CT molecular complexity index is 608. The molecule has 3 rings (SSSR count). The highest BCUT2D eigenvalue weighted by Crippen LogP contribution is 2.46. The number of anilines is 1. The molecule has 136 valence electrons. The van der Waals surface area contributed by atoms with Gasteiger partial charge in [-0.3, -0.25) is 4.79 Å². The van der Waals surface area contributed by atoms with E-state index in [1.807, 2.05) is 50.1 Å². The molecule has 5 heteroatoms. The van der Waals surface area contributed by atoms with E-state index in [4.69, 9.17) is 0 Å². The van der Waals surface area contributed by atoms with Crippen molar-refractivity contribution in [3.8, 4) is 0 Å². The van der Waals surface area contributed by atoms with Gasteiger partial charge in [-0.1, -0.05) is 19.1 Å². The molecule has 1 unspecified atom stereocenters. The Morgan fingerprint density at radius 1 is 1.12 bits per heavy atom. The molecular formula is C20H29N3O2. The summed E-state index contributed by atoms with van der Waals surface area (Å²) in [6.07, 6.45) is 5.51. The van der Waals surface area contributed by atoms with Crippen molar-refractivity contribution in [1.29, 1.82) is 0 Å². The predicted molar refractivity (Wildman–Crippen MR) is 99.3 cm³/mol. The van der Waals surface area contributed by atoms with Gasteiger partial charge in [0, 0.05) is 25.2 Å². The van der Waals surface area contributed by atoms with E-state index in [0.29, 0.717) is 24.3 Å². The molecule has 0 saturated heterocycles. The van der Waals surface area contributed by atoms with Crippen molar-refractivity contribution in [2.75, 3.05) is 12.4 Å². The van der Waals surface area contributed by atoms with Crippen molar-refractivity contribution < 1.29 is 9.59 Å². The fourth-order valence-electron chi connectivity index (χ4n) is 3.50. The Morgan fingerprint density at radius 2 is 1.68 bits per heavy atom. The molecule has 0 radical (unpaired) electrons. The molecule has 2 fully saturated rings. The first-order chi connectivity index (χ1) is 12.0. The molecular weight excluding hydrogens is 314 g/mol. The first kappa shape index (κ1) is 17.8. The maximum absolute atomic E-state index is 12.6. The van der Waals surface area contributed by atoms with Crippen LogP contribution in [0.25, 0.3) is 0 Å². The number of urea groups is 1. The van der Waals surface area contributed by atoms with Gasteiger partial charge in [-0.15, -0.1) is 0 Å². The average Bonchev–Trinajstić information content (AvgIpc) is 3.50. The standard InChI is InChI=1S/C20H29N3O2/c1-4-18(24)22-17-11-9-14(10-12-17)13(2)21-20(25)23(3)19(15-5-6-15)16-7-8-16/h9-13,15-16,19H,4-8H2,1-3H3,(H,21,25)(H,22,24). The van der Waals surface area contributed by atoms with E-state index in [1.165, 1.54) is 25.7 Å². The zero-order valence-electron chi connectivity index (χ0n) is 15.4. The van der Waals surface area contributed by atoms with Gasteiger partial charge in [0.25, 0.3) is 0 Å². The van der Waals surface area contributed by atoms with Crippen LogP contribution in [0, 0.1) is 11.8 Å². The van der Waals surface area contributed by atoms with Gasteiger partial charge in [0.15, 0.2) is 0 Å². The van der Waals surface area contributed by atoms with Gasteiger partial charge in [-0.05, 0) is 62.1 Å². The molecule has 2 N–H and O–H groups in total. The molecule has 0 bridgehead atoms. The normalized spacial score (nSPS) is 17.9. The van der Waals surface area contributed by atoms with Crippen LogP contribution < -0.4 is 10.6 Å². The van der Waals surface area contributed by atoms with E-state index in [0.717, 1.165) is 11.3 Å². The minimum absolute atomic E-state index is 0.00178. The molecule has 25 heavy (non-hydrogen) atoms. The van der Waals surface area contributed by atoms with E-state index in [1.54, 1.807) is 0 Å². The SMILES string of the molecule is CCC(=O)Nc1ccc(C(C)NC(=O)N(C)C(C2CC2)C2CC2)cc1. The average molecular weight is 343 g/mol. The third-order valence-corrected chi connectivity index (χ3v) is 5.33. The van der Waals surface area contributed by atoms with E-state index in [9.17, 15) is 9.59 Å². The molecule has 1 aromatic rings. The van der Waals surface area contributed by atoms with Gasteiger partial charge in [-0.2, -0.15) is 0 Å². The molecule has 2 aliphatic carbocycles. The first-order valence-electron chi connectivity index (χ1n) is 9.42. The van der Waals surface area contributed by atoms with Crippen LogP contribution in [0.3, 0.4) is 0 Å². The molecule has 0 aromatic heterocycles. The third kappa shape index (κ3) is 4.53. The summed E-state index contributed by atoms with van der Waals surface area (Å²) >= 11 is 0. The quantitative estimate of drug-likeness (QED) is 0.788. The molecule has 0 aliphatic heterocycles. The molecule has 3 amide bonds. The highest BCUT2D eigenvalue weighted by Gasteiger charge is 2.45. The Morgan fingerprint density at radius 3 is 2.16 bits per heavy atom. The summed E-state index contributed by atoms with van der Waals surface area (Å²) in [7, 11) is 1.94. The topological polar surface area (TPSA) is 61.4 Å². The van der Waals surface area contributed by atoms with Gasteiger partial charge in [0.05, 0.1) is 6.04 Å². The number of hydrogen-bond donors (Lipinski definition) is 2. The van der Waals surface area contributed by atoms with Crippen molar-refractivity contribution in [2.24, 2.45) is 11.8 Å². The fraction of sp³-hybridized carbons (Fsp3) is 0.600. The van der Waals surface area contributed by atoms with E-state index in [2.05, 4.69) is 10.6 Å². The summed E-state index contributed by atoms with van der Waals surface area (Å²) in [6, 6.07) is 8.03. The summed E-state index contributed by atoms with van der Waals surface area (Å²) in [4.78, 5) is 26.0. The van der Waals surface area contributed by atoms with Crippen LogP contribution in [0.15, 0.2) is 24.3 Å².